The van der Waals surface area contributed by atoms with Crippen LogP contribution in [-0.4, -0.2) is 30.8 Å². The van der Waals surface area contributed by atoms with Crippen LogP contribution in [0, 0.1) is 5.92 Å². The molecule has 0 bridgehead atoms. The molecule has 1 aromatic carbocycles. The Morgan fingerprint density at radius 2 is 1.91 bits per heavy atom. The van der Waals surface area contributed by atoms with Gasteiger partial charge in [0.25, 0.3) is 5.91 Å². The normalized spacial score (nSPS) is 21.0. The molecule has 0 aliphatic heterocycles. The van der Waals surface area contributed by atoms with E-state index in [0.29, 0.717) is 23.3 Å². The van der Waals surface area contributed by atoms with Gasteiger partial charge < -0.3 is 10.1 Å². The van der Waals surface area contributed by atoms with E-state index >= 15 is 0 Å². The van der Waals surface area contributed by atoms with Crippen LogP contribution in [0.4, 0.5) is 0 Å². The summed E-state index contributed by atoms with van der Waals surface area (Å²) in [4.78, 5) is 34.2. The van der Waals surface area contributed by atoms with Crippen LogP contribution < -0.4 is 5.32 Å². The maximum Gasteiger partial charge on any atom is 0.338 e. The van der Waals surface area contributed by atoms with E-state index < -0.39 is 5.97 Å². The Bertz CT molecular complexity index is 538. The van der Waals surface area contributed by atoms with Gasteiger partial charge in [-0.2, -0.15) is 0 Å². The third-order valence-corrected chi connectivity index (χ3v) is 4.07. The molecule has 0 radical (unpaired) electrons. The van der Waals surface area contributed by atoms with Crippen molar-refractivity contribution in [2.24, 2.45) is 5.92 Å². The summed E-state index contributed by atoms with van der Waals surface area (Å²) in [6.45, 7) is 1.85. The minimum Gasteiger partial charge on any atom is -0.452 e. The molecule has 0 heterocycles. The van der Waals surface area contributed by atoms with Crippen LogP contribution in [-0.2, 0) is 9.53 Å². The van der Waals surface area contributed by atoms with Crippen molar-refractivity contribution in [3.8, 4) is 0 Å². The molecule has 118 valence electrons. The standard InChI is InChI=1S/C17H21NO4/c1-12-4-2-3-5-15(12)18-16(20)11-22-17(21)14-8-6-13(10-19)7-9-14/h6-10,12,15H,2-5,11H2,1H3,(H,18,20)/t12-,15+/m1/s1. The van der Waals surface area contributed by atoms with Crippen LogP contribution >= 0.6 is 0 Å². The SMILES string of the molecule is C[C@@H]1CCCC[C@@H]1NC(=O)COC(=O)c1ccc(C=O)cc1. The fourth-order valence-corrected chi connectivity index (χ4v) is 2.69. The smallest absolute Gasteiger partial charge is 0.338 e. The molecule has 2 atom stereocenters. The zero-order valence-corrected chi connectivity index (χ0v) is 12.7. The van der Waals surface area contributed by atoms with E-state index in [-0.39, 0.29) is 18.6 Å². The Kier molecular flexibility index (Phi) is 5.69. The number of hydrogen-bond donors (Lipinski definition) is 1. The Morgan fingerprint density at radius 1 is 1.23 bits per heavy atom. The van der Waals surface area contributed by atoms with Crippen LogP contribution in [0.15, 0.2) is 24.3 Å². The molecule has 1 fully saturated rings. The molecule has 22 heavy (non-hydrogen) atoms. The van der Waals surface area contributed by atoms with E-state index in [1.165, 1.54) is 30.7 Å². The summed E-state index contributed by atoms with van der Waals surface area (Å²) < 4.78 is 5.00. The van der Waals surface area contributed by atoms with E-state index in [2.05, 4.69) is 12.2 Å². The molecule has 5 heteroatoms. The molecule has 0 unspecified atom stereocenters. The number of carbonyl (C=O) groups is 3. The first-order chi connectivity index (χ1) is 10.6. The van der Waals surface area contributed by atoms with Gasteiger partial charge in [0.2, 0.25) is 0 Å². The van der Waals surface area contributed by atoms with Crippen LogP contribution in [0.25, 0.3) is 0 Å². The van der Waals surface area contributed by atoms with E-state index in [0.717, 1.165) is 19.3 Å². The van der Waals surface area contributed by atoms with Gasteiger partial charge in [-0.25, -0.2) is 4.79 Å². The zero-order valence-electron chi connectivity index (χ0n) is 12.7. The lowest BCUT2D eigenvalue weighted by atomic mass is 9.86. The van der Waals surface area contributed by atoms with Gasteiger partial charge in [0.15, 0.2) is 6.61 Å². The highest BCUT2D eigenvalue weighted by molar-refractivity contribution is 5.92. The van der Waals surface area contributed by atoms with E-state index in [9.17, 15) is 14.4 Å². The first-order valence-electron chi connectivity index (χ1n) is 7.62. The molecular weight excluding hydrogens is 282 g/mol. The predicted molar refractivity (Wildman–Crippen MR) is 81.7 cm³/mol. The van der Waals surface area contributed by atoms with Gasteiger partial charge in [0.1, 0.15) is 6.29 Å². The van der Waals surface area contributed by atoms with Crippen molar-refractivity contribution in [3.63, 3.8) is 0 Å². The Labute approximate surface area is 130 Å². The largest absolute Gasteiger partial charge is 0.452 e. The summed E-state index contributed by atoms with van der Waals surface area (Å²) >= 11 is 0. The fourth-order valence-electron chi connectivity index (χ4n) is 2.69. The molecule has 0 saturated heterocycles. The average molecular weight is 303 g/mol. The van der Waals surface area contributed by atoms with Crippen molar-refractivity contribution < 1.29 is 19.1 Å². The summed E-state index contributed by atoms with van der Waals surface area (Å²) in [5, 5.41) is 2.93. The number of esters is 1. The molecule has 1 N–H and O–H groups in total. The molecular formula is C17H21NO4. The van der Waals surface area contributed by atoms with Gasteiger partial charge in [-0.3, -0.25) is 9.59 Å². The zero-order chi connectivity index (χ0) is 15.9. The number of ether oxygens (including phenoxy) is 1. The summed E-state index contributed by atoms with van der Waals surface area (Å²) in [5.74, 6) is -0.370. The van der Waals surface area contributed by atoms with Gasteiger partial charge in [0, 0.05) is 11.6 Å². The summed E-state index contributed by atoms with van der Waals surface area (Å²) in [6, 6.07) is 6.26. The van der Waals surface area contributed by atoms with Gasteiger partial charge in [-0.1, -0.05) is 31.9 Å². The topological polar surface area (TPSA) is 72.5 Å². The molecule has 2 rings (SSSR count). The van der Waals surface area contributed by atoms with Gasteiger partial charge in [0.05, 0.1) is 5.56 Å². The number of carbonyl (C=O) groups excluding carboxylic acids is 3. The first-order valence-corrected chi connectivity index (χ1v) is 7.62. The second-order valence-corrected chi connectivity index (χ2v) is 5.75. The predicted octanol–water partition coefficient (Wildman–Crippen LogP) is 2.35. The third kappa shape index (κ3) is 4.41. The lowest BCUT2D eigenvalue weighted by Crippen LogP contribution is -2.42. The first kappa shape index (κ1) is 16.2. The Balaban J connectivity index is 1.79. The molecule has 1 aromatic rings. The quantitative estimate of drug-likeness (QED) is 0.669. The van der Waals surface area contributed by atoms with E-state index in [1.54, 1.807) is 0 Å². The molecule has 1 amide bonds. The molecule has 5 nitrogen and oxygen atoms in total. The Hall–Kier alpha value is -2.17. The molecule has 0 spiro atoms. The number of benzene rings is 1. The van der Waals surface area contributed by atoms with Crippen molar-refractivity contribution >= 4 is 18.2 Å². The maximum atomic E-state index is 11.9. The molecule has 0 aromatic heterocycles. The Morgan fingerprint density at radius 3 is 2.55 bits per heavy atom. The van der Waals surface area contributed by atoms with Crippen LogP contribution in [0.1, 0.15) is 53.3 Å². The number of nitrogens with one attached hydrogen (secondary N) is 1. The highest BCUT2D eigenvalue weighted by atomic mass is 16.5. The summed E-state index contributed by atoms with van der Waals surface area (Å²) in [7, 11) is 0. The number of amides is 1. The fraction of sp³-hybridized carbons (Fsp3) is 0.471. The molecule has 1 saturated carbocycles. The highest BCUT2D eigenvalue weighted by Gasteiger charge is 2.23. The summed E-state index contributed by atoms with van der Waals surface area (Å²) in [6.07, 6.45) is 5.13. The third-order valence-electron chi connectivity index (χ3n) is 4.07. The highest BCUT2D eigenvalue weighted by Crippen LogP contribution is 2.23. The second kappa shape index (κ2) is 7.73. The van der Waals surface area contributed by atoms with Crippen LogP contribution in [0.3, 0.4) is 0 Å². The van der Waals surface area contributed by atoms with Crippen molar-refractivity contribution in [1.29, 1.82) is 0 Å². The van der Waals surface area contributed by atoms with Crippen molar-refractivity contribution in [3.05, 3.63) is 35.4 Å². The van der Waals surface area contributed by atoms with E-state index in [4.69, 9.17) is 4.74 Å². The maximum absolute atomic E-state index is 11.9. The number of rotatable bonds is 5. The van der Waals surface area contributed by atoms with Crippen molar-refractivity contribution in [2.75, 3.05) is 6.61 Å². The summed E-state index contributed by atoms with van der Waals surface area (Å²) in [5.41, 5.74) is 0.810. The molecule has 1 aliphatic rings. The van der Waals surface area contributed by atoms with Gasteiger partial charge in [-0.05, 0) is 30.9 Å². The van der Waals surface area contributed by atoms with Crippen LogP contribution in [0.2, 0.25) is 0 Å². The second-order valence-electron chi connectivity index (χ2n) is 5.75. The lowest BCUT2D eigenvalue weighted by molar-refractivity contribution is -0.125. The average Bonchev–Trinajstić information content (AvgIpc) is 2.55. The monoisotopic (exact) mass is 303 g/mol. The minimum absolute atomic E-state index is 0.173. The number of hydrogen-bond acceptors (Lipinski definition) is 4. The molecule has 1 aliphatic carbocycles. The minimum atomic E-state index is -0.565. The van der Waals surface area contributed by atoms with Gasteiger partial charge >= 0.3 is 5.97 Å². The van der Waals surface area contributed by atoms with Crippen molar-refractivity contribution in [1.82, 2.24) is 5.32 Å². The van der Waals surface area contributed by atoms with E-state index in [1.807, 2.05) is 0 Å². The van der Waals surface area contributed by atoms with Gasteiger partial charge in [-0.15, -0.1) is 0 Å². The number of aldehydes is 1. The van der Waals surface area contributed by atoms with Crippen LogP contribution in [0.5, 0.6) is 0 Å². The van der Waals surface area contributed by atoms with Crippen molar-refractivity contribution in [2.45, 2.75) is 38.6 Å². The lowest BCUT2D eigenvalue weighted by Gasteiger charge is -2.29.